The van der Waals surface area contributed by atoms with Crippen LogP contribution in [0.4, 0.5) is 20.6 Å². The molecule has 2 N–H and O–H groups in total. The minimum Gasteiger partial charge on any atom is -0.442 e. The third kappa shape index (κ3) is 5.82. The lowest BCUT2D eigenvalue weighted by Crippen LogP contribution is -2.49. The molecule has 0 aliphatic carbocycles. The van der Waals surface area contributed by atoms with Gasteiger partial charge in [0, 0.05) is 32.6 Å². The number of benzene rings is 1. The van der Waals surface area contributed by atoms with Crippen LogP contribution in [0.3, 0.4) is 0 Å². The molecule has 1 atom stereocenters. The minimum absolute atomic E-state index is 0.316. The molecule has 0 bridgehead atoms. The van der Waals surface area contributed by atoms with E-state index in [2.05, 4.69) is 19.2 Å². The summed E-state index contributed by atoms with van der Waals surface area (Å²) in [5.41, 5.74) is 0.859. The molecular weight excluding hydrogens is 423 g/mol. The fourth-order valence-electron chi connectivity index (χ4n) is 3.73. The van der Waals surface area contributed by atoms with E-state index in [-0.39, 0.29) is 12.0 Å². The predicted octanol–water partition coefficient (Wildman–Crippen LogP) is 1.75. The van der Waals surface area contributed by atoms with Gasteiger partial charge in [-0.15, -0.1) is 0 Å². The fourth-order valence-corrected chi connectivity index (χ4v) is 4.14. The lowest BCUT2D eigenvalue weighted by atomic mass is 10.1. The van der Waals surface area contributed by atoms with E-state index >= 15 is 0 Å². The first-order valence-electron chi connectivity index (χ1n) is 10.5. The van der Waals surface area contributed by atoms with Gasteiger partial charge in [-0.2, -0.15) is 0 Å². The maximum absolute atomic E-state index is 14.8. The number of carbonyl (C=O) groups is 2. The molecule has 0 unspecified atom stereocenters. The van der Waals surface area contributed by atoms with E-state index in [1.165, 1.54) is 11.0 Å². The predicted molar refractivity (Wildman–Crippen MR) is 120 cm³/mol. The van der Waals surface area contributed by atoms with Gasteiger partial charge in [-0.1, -0.05) is 26.1 Å². The number of aliphatic hydroxyl groups is 1. The lowest BCUT2D eigenvalue weighted by molar-refractivity contribution is -0.134. The van der Waals surface area contributed by atoms with Crippen LogP contribution in [-0.4, -0.2) is 79.0 Å². The largest absolute Gasteiger partial charge is 0.442 e. The Morgan fingerprint density at radius 3 is 2.65 bits per heavy atom. The third-order valence-electron chi connectivity index (χ3n) is 5.35. The smallest absolute Gasteiger partial charge is 0.414 e. The zero-order chi connectivity index (χ0) is 22.5. The number of hydrogen-bond acceptors (Lipinski definition) is 6. The van der Waals surface area contributed by atoms with Gasteiger partial charge in [-0.3, -0.25) is 9.69 Å². The molecule has 1 aromatic rings. The highest BCUT2D eigenvalue weighted by molar-refractivity contribution is 7.80. The Labute approximate surface area is 186 Å². The van der Waals surface area contributed by atoms with E-state index in [0.29, 0.717) is 56.6 Å². The van der Waals surface area contributed by atoms with Crippen molar-refractivity contribution in [2.75, 3.05) is 55.7 Å². The summed E-state index contributed by atoms with van der Waals surface area (Å²) in [5.74, 6) is -0.314. The van der Waals surface area contributed by atoms with Crippen LogP contribution in [0.25, 0.3) is 0 Å². The quantitative estimate of drug-likeness (QED) is 0.610. The van der Waals surface area contributed by atoms with E-state index < -0.39 is 18.5 Å². The number of amides is 2. The Bertz CT molecular complexity index is 830. The number of thiocarbonyl (C=S) groups is 1. The van der Waals surface area contributed by atoms with Crippen molar-refractivity contribution in [3.63, 3.8) is 0 Å². The molecule has 2 aliphatic heterocycles. The van der Waals surface area contributed by atoms with E-state index in [1.807, 2.05) is 4.90 Å². The molecule has 2 saturated heterocycles. The molecule has 0 spiro atoms. The molecule has 0 radical (unpaired) electrons. The molecule has 170 valence electrons. The monoisotopic (exact) mass is 452 g/mol. The number of ether oxygens (including phenoxy) is 1. The van der Waals surface area contributed by atoms with Crippen LogP contribution in [-0.2, 0) is 9.53 Å². The van der Waals surface area contributed by atoms with Crippen molar-refractivity contribution < 1.29 is 23.8 Å². The van der Waals surface area contributed by atoms with Gasteiger partial charge in [0.1, 0.15) is 18.5 Å². The number of nitrogens with zero attached hydrogens (tertiary/aromatic N) is 3. The number of hydrogen-bond donors (Lipinski definition) is 2. The average Bonchev–Trinajstić information content (AvgIpc) is 3.12. The summed E-state index contributed by atoms with van der Waals surface area (Å²) < 4.78 is 20.2. The standard InChI is InChI=1S/C21H29FN4O4S/c1-14(2)9-19(31)23-11-16-12-26(21(29)30-16)15-3-4-18(17(22)10-15)24-5-7-25(8-6-24)20(28)13-27/h3-4,10,14,16,27H,5-9,11-13H2,1-2H3,(H,23,31)/t16-/m0/s1. The van der Waals surface area contributed by atoms with Crippen molar-refractivity contribution in [3.8, 4) is 0 Å². The molecule has 2 fully saturated rings. The Hall–Kier alpha value is -2.46. The molecule has 0 saturated carbocycles. The van der Waals surface area contributed by atoms with Crippen molar-refractivity contribution in [1.29, 1.82) is 0 Å². The number of rotatable bonds is 7. The molecule has 10 heteroatoms. The molecule has 2 aliphatic rings. The van der Waals surface area contributed by atoms with Crippen LogP contribution in [0, 0.1) is 11.7 Å². The summed E-state index contributed by atoms with van der Waals surface area (Å²) >= 11 is 5.29. The molecule has 2 amide bonds. The first-order valence-corrected chi connectivity index (χ1v) is 10.9. The van der Waals surface area contributed by atoms with Gasteiger partial charge in [0.25, 0.3) is 0 Å². The summed E-state index contributed by atoms with van der Waals surface area (Å²) in [4.78, 5) is 29.4. The Morgan fingerprint density at radius 2 is 2.03 bits per heavy atom. The molecule has 3 rings (SSSR count). The second kappa shape index (κ2) is 10.2. The molecule has 0 aromatic heterocycles. The summed E-state index contributed by atoms with van der Waals surface area (Å²) in [6, 6.07) is 4.68. The van der Waals surface area contributed by atoms with Crippen LogP contribution in [0.2, 0.25) is 0 Å². The van der Waals surface area contributed by atoms with Crippen LogP contribution < -0.4 is 15.1 Å². The van der Waals surface area contributed by atoms with Gasteiger partial charge < -0.3 is 25.0 Å². The SMILES string of the molecule is CC(C)CC(=S)NC[C@H]1CN(c2ccc(N3CCN(C(=O)CO)CC3)c(F)c2)C(=O)O1. The third-order valence-corrected chi connectivity index (χ3v) is 5.66. The Balaban J connectivity index is 1.58. The van der Waals surface area contributed by atoms with Crippen molar-refractivity contribution in [2.45, 2.75) is 26.4 Å². The molecular formula is C21H29FN4O4S. The van der Waals surface area contributed by atoms with E-state index in [9.17, 15) is 14.0 Å². The number of anilines is 2. The second-order valence-corrected chi connectivity index (χ2v) is 8.67. The summed E-state index contributed by atoms with van der Waals surface area (Å²) in [6.45, 7) is 6.17. The summed E-state index contributed by atoms with van der Waals surface area (Å²) in [6.07, 6.45) is -0.100. The van der Waals surface area contributed by atoms with Gasteiger partial charge in [0.05, 0.1) is 29.5 Å². The van der Waals surface area contributed by atoms with E-state index in [0.717, 1.165) is 11.4 Å². The topological polar surface area (TPSA) is 85.4 Å². The number of nitrogens with one attached hydrogen (secondary N) is 1. The highest BCUT2D eigenvalue weighted by Crippen LogP contribution is 2.28. The second-order valence-electron chi connectivity index (χ2n) is 8.18. The van der Waals surface area contributed by atoms with Gasteiger partial charge in [-0.05, 0) is 24.1 Å². The highest BCUT2D eigenvalue weighted by atomic mass is 32.1. The first-order chi connectivity index (χ1) is 14.8. The first kappa shape index (κ1) is 23.2. The Kier molecular flexibility index (Phi) is 7.66. The van der Waals surface area contributed by atoms with Gasteiger partial charge in [0.15, 0.2) is 0 Å². The van der Waals surface area contributed by atoms with Crippen LogP contribution in [0.5, 0.6) is 0 Å². The Morgan fingerprint density at radius 1 is 1.32 bits per heavy atom. The molecule has 8 nitrogen and oxygen atoms in total. The summed E-state index contributed by atoms with van der Waals surface area (Å²) in [5, 5.41) is 12.1. The number of piperazine rings is 1. The van der Waals surface area contributed by atoms with Crippen molar-refractivity contribution in [2.24, 2.45) is 5.92 Å². The average molecular weight is 453 g/mol. The number of halogens is 1. The van der Waals surface area contributed by atoms with Crippen molar-refractivity contribution in [3.05, 3.63) is 24.0 Å². The molecule has 2 heterocycles. The van der Waals surface area contributed by atoms with Gasteiger partial charge in [-0.25, -0.2) is 9.18 Å². The zero-order valence-electron chi connectivity index (χ0n) is 17.8. The van der Waals surface area contributed by atoms with E-state index in [1.54, 1.807) is 17.0 Å². The number of carbonyl (C=O) groups excluding carboxylic acids is 2. The number of aliphatic hydroxyl groups excluding tert-OH is 1. The highest BCUT2D eigenvalue weighted by Gasteiger charge is 2.33. The van der Waals surface area contributed by atoms with Crippen molar-refractivity contribution in [1.82, 2.24) is 10.2 Å². The number of cyclic esters (lactones) is 1. The maximum atomic E-state index is 14.8. The van der Waals surface area contributed by atoms with Gasteiger partial charge in [0.2, 0.25) is 5.91 Å². The molecule has 31 heavy (non-hydrogen) atoms. The lowest BCUT2D eigenvalue weighted by Gasteiger charge is -2.36. The summed E-state index contributed by atoms with van der Waals surface area (Å²) in [7, 11) is 0. The fraction of sp³-hybridized carbons (Fsp3) is 0.571. The maximum Gasteiger partial charge on any atom is 0.414 e. The van der Waals surface area contributed by atoms with Crippen LogP contribution >= 0.6 is 12.2 Å². The van der Waals surface area contributed by atoms with Crippen LogP contribution in [0.1, 0.15) is 20.3 Å². The zero-order valence-corrected chi connectivity index (χ0v) is 18.7. The minimum atomic E-state index is -0.519. The van der Waals surface area contributed by atoms with E-state index in [4.69, 9.17) is 22.1 Å². The van der Waals surface area contributed by atoms with Crippen molar-refractivity contribution >= 4 is 40.6 Å². The molecule has 1 aromatic carbocycles. The van der Waals surface area contributed by atoms with Gasteiger partial charge >= 0.3 is 6.09 Å². The normalized spacial score (nSPS) is 19.1. The van der Waals surface area contributed by atoms with Crippen LogP contribution in [0.15, 0.2) is 18.2 Å².